The third-order valence-corrected chi connectivity index (χ3v) is 3.36. The molecular formula is C16H25ClN4O3. The minimum Gasteiger partial charge on any atom is -0.346 e. The molecule has 5 N–H and O–H groups in total. The van der Waals surface area contributed by atoms with Gasteiger partial charge in [0.1, 0.15) is 0 Å². The van der Waals surface area contributed by atoms with Crippen LogP contribution in [0, 0.1) is 12.8 Å². The summed E-state index contributed by atoms with van der Waals surface area (Å²) in [7, 11) is 0. The number of amides is 3. The molecule has 1 aromatic carbocycles. The first-order chi connectivity index (χ1) is 10.7. The number of nitrogens with one attached hydrogen (secondary N) is 3. The fraction of sp³-hybridized carbons (Fsp3) is 0.438. The highest BCUT2D eigenvalue weighted by atomic mass is 35.5. The zero-order valence-corrected chi connectivity index (χ0v) is 15.1. The van der Waals surface area contributed by atoms with Crippen molar-refractivity contribution in [2.45, 2.75) is 33.7 Å². The fourth-order valence-corrected chi connectivity index (χ4v) is 1.88. The molecule has 0 spiro atoms. The van der Waals surface area contributed by atoms with Gasteiger partial charge in [0.25, 0.3) is 0 Å². The highest BCUT2D eigenvalue weighted by Gasteiger charge is 2.17. The maximum Gasteiger partial charge on any atom is 0.243 e. The zero-order chi connectivity index (χ0) is 17.6. The summed E-state index contributed by atoms with van der Waals surface area (Å²) in [4.78, 5) is 34.8. The predicted octanol–water partition coefficient (Wildman–Crippen LogP) is 1.41. The largest absolute Gasteiger partial charge is 0.346 e. The third kappa shape index (κ3) is 6.55. The number of nitrogens with two attached hydrogens (primary N) is 1. The average Bonchev–Trinajstić information content (AvgIpc) is 2.47. The lowest BCUT2D eigenvalue weighted by Crippen LogP contribution is -2.46. The van der Waals surface area contributed by atoms with Crippen LogP contribution in [-0.4, -0.2) is 30.3 Å². The molecule has 0 aliphatic heterocycles. The van der Waals surface area contributed by atoms with E-state index in [1.54, 1.807) is 25.1 Å². The first kappa shape index (κ1) is 21.9. The lowest BCUT2D eigenvalue weighted by Gasteiger charge is -2.16. The number of hydrogen-bond acceptors (Lipinski definition) is 4. The Hall–Kier alpha value is -2.12. The van der Waals surface area contributed by atoms with E-state index in [1.807, 2.05) is 13.8 Å². The summed E-state index contributed by atoms with van der Waals surface area (Å²) in [5.74, 6) is -0.919. The van der Waals surface area contributed by atoms with Gasteiger partial charge in [-0.15, -0.1) is 12.4 Å². The molecule has 3 amide bonds. The van der Waals surface area contributed by atoms with Crippen LogP contribution in [0.1, 0.15) is 26.3 Å². The van der Waals surface area contributed by atoms with Crippen LogP contribution in [0.3, 0.4) is 0 Å². The van der Waals surface area contributed by atoms with Crippen LogP contribution in [-0.2, 0) is 14.4 Å². The van der Waals surface area contributed by atoms with Crippen molar-refractivity contribution in [1.29, 1.82) is 0 Å². The quantitative estimate of drug-likeness (QED) is 0.617. The van der Waals surface area contributed by atoms with Crippen LogP contribution in [0.25, 0.3) is 0 Å². The van der Waals surface area contributed by atoms with E-state index in [2.05, 4.69) is 16.0 Å². The maximum absolute atomic E-state index is 11.9. The molecule has 1 aromatic rings. The van der Waals surface area contributed by atoms with E-state index in [4.69, 9.17) is 5.73 Å². The summed E-state index contributed by atoms with van der Waals surface area (Å²) in [6, 6.07) is 4.55. The van der Waals surface area contributed by atoms with Gasteiger partial charge in [-0.2, -0.15) is 0 Å². The molecule has 24 heavy (non-hydrogen) atoms. The van der Waals surface area contributed by atoms with Gasteiger partial charge in [-0.1, -0.05) is 19.9 Å². The minimum atomic E-state index is -0.646. The van der Waals surface area contributed by atoms with Crippen molar-refractivity contribution in [3.05, 3.63) is 23.8 Å². The van der Waals surface area contributed by atoms with Gasteiger partial charge in [0.15, 0.2) is 0 Å². The zero-order valence-electron chi connectivity index (χ0n) is 14.3. The average molecular weight is 357 g/mol. The molecular weight excluding hydrogens is 332 g/mol. The Morgan fingerprint density at radius 3 is 2.17 bits per heavy atom. The van der Waals surface area contributed by atoms with Crippen molar-refractivity contribution in [2.24, 2.45) is 11.7 Å². The van der Waals surface area contributed by atoms with Crippen LogP contribution in [0.4, 0.5) is 11.4 Å². The fourth-order valence-electron chi connectivity index (χ4n) is 1.88. The van der Waals surface area contributed by atoms with E-state index < -0.39 is 6.04 Å². The van der Waals surface area contributed by atoms with E-state index in [1.165, 1.54) is 6.92 Å². The molecule has 1 atom stereocenters. The number of carbonyl (C=O) groups is 3. The third-order valence-electron chi connectivity index (χ3n) is 3.36. The molecule has 0 aliphatic carbocycles. The first-order valence-electron chi connectivity index (χ1n) is 7.42. The van der Waals surface area contributed by atoms with Crippen LogP contribution in [0.2, 0.25) is 0 Å². The molecule has 0 aliphatic rings. The Bertz CT molecular complexity index is 605. The summed E-state index contributed by atoms with van der Waals surface area (Å²) in [5.41, 5.74) is 7.64. The molecule has 0 aromatic heterocycles. The van der Waals surface area contributed by atoms with Gasteiger partial charge >= 0.3 is 0 Å². The second-order valence-electron chi connectivity index (χ2n) is 5.70. The Balaban J connectivity index is 0.00000529. The Labute approximate surface area is 148 Å². The number of hydrogen-bond donors (Lipinski definition) is 4. The van der Waals surface area contributed by atoms with Gasteiger partial charge in [-0.25, -0.2) is 0 Å². The van der Waals surface area contributed by atoms with Gasteiger partial charge in [0.2, 0.25) is 17.7 Å². The highest BCUT2D eigenvalue weighted by molar-refractivity contribution is 5.97. The summed E-state index contributed by atoms with van der Waals surface area (Å²) in [6.45, 7) is 6.71. The van der Waals surface area contributed by atoms with E-state index in [0.717, 1.165) is 5.56 Å². The van der Waals surface area contributed by atoms with Gasteiger partial charge in [-0.05, 0) is 30.5 Å². The SMILES string of the molecule is CC(=O)Nc1cccc(NC(=O)CNC(=O)[C@@H](N)C(C)C)c1C.Cl. The normalized spacial score (nSPS) is 11.2. The lowest BCUT2D eigenvalue weighted by molar-refractivity contribution is -0.125. The smallest absolute Gasteiger partial charge is 0.243 e. The molecule has 1 rings (SSSR count). The standard InChI is InChI=1S/C16H24N4O3.ClH/c1-9(2)15(17)16(23)18-8-14(22)20-13-7-5-6-12(10(13)3)19-11(4)21;/h5-7,9,15H,8,17H2,1-4H3,(H,18,23)(H,19,21)(H,20,22);1H/t15-;/m0./s1. The topological polar surface area (TPSA) is 113 Å². The van der Waals surface area contributed by atoms with Gasteiger partial charge < -0.3 is 21.7 Å². The number of rotatable bonds is 6. The van der Waals surface area contributed by atoms with Crippen molar-refractivity contribution >= 4 is 41.5 Å². The Morgan fingerprint density at radius 1 is 1.12 bits per heavy atom. The molecule has 0 unspecified atom stereocenters. The van der Waals surface area contributed by atoms with Crippen molar-refractivity contribution in [1.82, 2.24) is 5.32 Å². The lowest BCUT2D eigenvalue weighted by atomic mass is 10.1. The molecule has 0 fully saturated rings. The van der Waals surface area contributed by atoms with E-state index in [9.17, 15) is 14.4 Å². The minimum absolute atomic E-state index is 0. The number of carbonyl (C=O) groups excluding carboxylic acids is 3. The van der Waals surface area contributed by atoms with E-state index in [0.29, 0.717) is 11.4 Å². The molecule has 8 heteroatoms. The Morgan fingerprint density at radius 2 is 1.67 bits per heavy atom. The van der Waals surface area contributed by atoms with Crippen LogP contribution in [0.15, 0.2) is 18.2 Å². The molecule has 0 radical (unpaired) electrons. The molecule has 0 saturated carbocycles. The van der Waals surface area contributed by atoms with Crippen LogP contribution >= 0.6 is 12.4 Å². The second-order valence-corrected chi connectivity index (χ2v) is 5.70. The maximum atomic E-state index is 11.9. The molecule has 0 saturated heterocycles. The molecule has 0 bridgehead atoms. The number of halogens is 1. The van der Waals surface area contributed by atoms with Gasteiger partial charge in [-0.3, -0.25) is 14.4 Å². The van der Waals surface area contributed by atoms with Gasteiger partial charge in [0, 0.05) is 18.3 Å². The van der Waals surface area contributed by atoms with Crippen molar-refractivity contribution < 1.29 is 14.4 Å². The van der Waals surface area contributed by atoms with Crippen LogP contribution < -0.4 is 21.7 Å². The summed E-state index contributed by atoms with van der Waals surface area (Å²) in [5, 5.41) is 7.89. The summed E-state index contributed by atoms with van der Waals surface area (Å²) in [6.07, 6.45) is 0. The highest BCUT2D eigenvalue weighted by Crippen LogP contribution is 2.23. The van der Waals surface area contributed by atoms with Crippen molar-refractivity contribution in [3.63, 3.8) is 0 Å². The first-order valence-corrected chi connectivity index (χ1v) is 7.42. The van der Waals surface area contributed by atoms with Crippen molar-refractivity contribution in [3.8, 4) is 0 Å². The second kappa shape index (κ2) is 9.89. The molecule has 134 valence electrons. The van der Waals surface area contributed by atoms with Gasteiger partial charge in [0.05, 0.1) is 12.6 Å². The summed E-state index contributed by atoms with van der Waals surface area (Å²) < 4.78 is 0. The monoisotopic (exact) mass is 356 g/mol. The predicted molar refractivity (Wildman–Crippen MR) is 97.2 cm³/mol. The molecule has 7 nitrogen and oxygen atoms in total. The Kier molecular flexibility index (Phi) is 9.02. The van der Waals surface area contributed by atoms with Crippen molar-refractivity contribution in [2.75, 3.05) is 17.2 Å². The van der Waals surface area contributed by atoms with Crippen LogP contribution in [0.5, 0.6) is 0 Å². The van der Waals surface area contributed by atoms with E-state index >= 15 is 0 Å². The number of benzene rings is 1. The number of anilines is 2. The summed E-state index contributed by atoms with van der Waals surface area (Å²) >= 11 is 0. The molecule has 0 heterocycles. The van der Waals surface area contributed by atoms with E-state index in [-0.39, 0.29) is 42.6 Å².